The number of ether oxygens (including phenoxy) is 2. The number of aromatic hydroxyl groups is 6. The molecule has 6 atom stereocenters. The molecule has 554 valence electrons. The van der Waals surface area contributed by atoms with Crippen LogP contribution in [0, 0.1) is 43.3 Å². The van der Waals surface area contributed by atoms with Gasteiger partial charge in [-0.1, -0.05) is 312 Å². The van der Waals surface area contributed by atoms with E-state index in [9.17, 15) is 40.2 Å². The summed E-state index contributed by atoms with van der Waals surface area (Å²) in [6.07, 6.45) is 0.762. The van der Waals surface area contributed by atoms with Crippen LogP contribution in [0.3, 0.4) is 0 Å². The van der Waals surface area contributed by atoms with Crippen molar-refractivity contribution >= 4 is 11.9 Å². The number of esters is 2. The summed E-state index contributed by atoms with van der Waals surface area (Å²) in [4.78, 5) is 29.6. The summed E-state index contributed by atoms with van der Waals surface area (Å²) in [5.74, 6) is -4.81. The average Bonchev–Trinajstić information content (AvgIpc) is 0.780. The third-order valence-electron chi connectivity index (χ3n) is 22.1. The van der Waals surface area contributed by atoms with Gasteiger partial charge in [-0.15, -0.1) is 0 Å². The molecule has 104 heavy (non-hydrogen) atoms. The summed E-state index contributed by atoms with van der Waals surface area (Å²) in [7, 11) is 0. The smallest absolute Gasteiger partial charge is 0.311 e. The quantitative estimate of drug-likeness (QED) is 0.0634. The zero-order valence-corrected chi connectivity index (χ0v) is 66.6. The van der Waals surface area contributed by atoms with Crippen molar-refractivity contribution in [1.29, 1.82) is 0 Å². The number of phenolic OH excluding ortho intramolecular Hbond substituents is 6. The van der Waals surface area contributed by atoms with Gasteiger partial charge in [-0.2, -0.15) is 0 Å². The van der Waals surface area contributed by atoms with E-state index in [0.29, 0.717) is 113 Å². The molecule has 0 fully saturated rings. The van der Waals surface area contributed by atoms with Crippen LogP contribution in [0.2, 0.25) is 0 Å². The maximum absolute atomic E-state index is 14.8. The van der Waals surface area contributed by atoms with Crippen molar-refractivity contribution in [2.45, 2.75) is 239 Å². The SMILES string of the molecule is CC(C)(C)C1c2cccc(c2O)C(C(C)(C)C)c2cccc(c2O)C(C(C)(C)C)c2cccc(c2O)C(C(C)(C)C)c2cccc3c2OC(=O)CCCCC(=O)Oc2c(cccc2C3C(C)(C)C)C(C(C)(C)C)c2cccc(c2O)C(C(C)(C)C)c2cccc(c2O)C(C(C)(C)C)c2cccc1c2O. The molecule has 8 aromatic rings. The summed E-state index contributed by atoms with van der Waals surface area (Å²) < 4.78 is 13.9. The second kappa shape index (κ2) is 28.1. The lowest BCUT2D eigenvalue weighted by molar-refractivity contribution is -0.136. The number of carbonyl (C=O) groups excluding carboxylic acids is 2. The summed E-state index contributed by atoms with van der Waals surface area (Å²) in [6, 6.07) is 47.1. The van der Waals surface area contributed by atoms with Gasteiger partial charge < -0.3 is 40.1 Å². The third-order valence-corrected chi connectivity index (χ3v) is 22.1. The molecule has 6 N–H and O–H groups in total. The Morgan fingerprint density at radius 3 is 0.471 bits per heavy atom. The third kappa shape index (κ3) is 15.1. The number of phenols is 6. The number of para-hydroxylation sites is 8. The van der Waals surface area contributed by atoms with Gasteiger partial charge in [0.05, 0.1) is 0 Å². The van der Waals surface area contributed by atoms with Crippen LogP contribution in [0.15, 0.2) is 146 Å². The fourth-order valence-corrected chi connectivity index (χ4v) is 18.2. The van der Waals surface area contributed by atoms with Crippen LogP contribution in [0.1, 0.15) is 328 Å². The Kier molecular flexibility index (Phi) is 21.1. The molecule has 1 heterocycles. The van der Waals surface area contributed by atoms with E-state index in [1.807, 2.05) is 146 Å². The van der Waals surface area contributed by atoms with Crippen LogP contribution in [0.4, 0.5) is 0 Å². The second-order valence-electron chi connectivity index (χ2n) is 38.8. The maximum Gasteiger partial charge on any atom is 0.311 e. The normalized spacial score (nSPS) is 20.8. The Labute approximate surface area is 621 Å². The van der Waals surface area contributed by atoms with Gasteiger partial charge in [0.25, 0.3) is 0 Å². The number of fused-ring (bicyclic) bond motifs is 12. The van der Waals surface area contributed by atoms with Crippen molar-refractivity contribution in [3.63, 3.8) is 0 Å². The van der Waals surface area contributed by atoms with E-state index in [-0.39, 0.29) is 47.3 Å². The van der Waals surface area contributed by atoms with Crippen molar-refractivity contribution in [3.8, 4) is 46.0 Å². The Balaban J connectivity index is 1.36. The lowest BCUT2D eigenvalue weighted by atomic mass is 9.65. The molecule has 0 saturated heterocycles. The Bertz CT molecular complexity index is 4250. The van der Waals surface area contributed by atoms with Crippen LogP contribution in [-0.4, -0.2) is 42.6 Å². The van der Waals surface area contributed by atoms with Gasteiger partial charge in [0.2, 0.25) is 0 Å². The first-order valence-electron chi connectivity index (χ1n) is 37.7. The molecule has 10 heteroatoms. The summed E-state index contributed by atoms with van der Waals surface area (Å²) in [6.45, 7) is 50.8. The molecule has 8 aromatic carbocycles. The van der Waals surface area contributed by atoms with Crippen LogP contribution in [-0.2, 0) is 9.59 Å². The van der Waals surface area contributed by atoms with Crippen LogP contribution >= 0.6 is 0 Å². The lowest BCUT2D eigenvalue weighted by Gasteiger charge is -2.39. The van der Waals surface area contributed by atoms with Gasteiger partial charge in [0.1, 0.15) is 46.0 Å². The molecule has 10 rings (SSSR count). The molecule has 1 aliphatic heterocycles. The first kappa shape index (κ1) is 78.1. The number of hydrogen-bond donors (Lipinski definition) is 6. The van der Waals surface area contributed by atoms with Crippen molar-refractivity contribution in [1.82, 2.24) is 0 Å². The first-order valence-corrected chi connectivity index (χ1v) is 37.7. The van der Waals surface area contributed by atoms with Crippen molar-refractivity contribution in [2.75, 3.05) is 0 Å². The largest absolute Gasteiger partial charge is 0.507 e. The molecule has 0 amide bonds. The van der Waals surface area contributed by atoms with E-state index in [4.69, 9.17) is 9.47 Å². The second-order valence-corrected chi connectivity index (χ2v) is 38.8. The molecule has 0 aromatic heterocycles. The number of benzene rings is 8. The number of carbonyl (C=O) groups is 2. The van der Waals surface area contributed by atoms with Gasteiger partial charge in [-0.05, 0) is 56.2 Å². The monoisotopic (exact) mass is 1410 g/mol. The maximum atomic E-state index is 14.8. The Hall–Kier alpha value is -8.50. The zero-order valence-electron chi connectivity index (χ0n) is 66.6. The molecule has 2 aliphatic rings. The molecule has 0 saturated carbocycles. The molecule has 6 unspecified atom stereocenters. The van der Waals surface area contributed by atoms with Gasteiger partial charge in [-0.3, -0.25) is 9.59 Å². The first-order chi connectivity index (χ1) is 48.1. The highest BCUT2D eigenvalue weighted by molar-refractivity contribution is 5.77. The molecule has 10 nitrogen and oxygen atoms in total. The minimum atomic E-state index is -0.669. The van der Waals surface area contributed by atoms with Crippen LogP contribution in [0.5, 0.6) is 46.0 Å². The van der Waals surface area contributed by atoms with Gasteiger partial charge in [-0.25, -0.2) is 0 Å². The molecular weight excluding hydrogens is 1290 g/mol. The van der Waals surface area contributed by atoms with E-state index in [0.717, 1.165) is 0 Å². The molecular formula is C94H118O10. The number of hydrogen-bond acceptors (Lipinski definition) is 10. The molecule has 0 radical (unpaired) electrons. The van der Waals surface area contributed by atoms with E-state index >= 15 is 0 Å². The predicted molar refractivity (Wildman–Crippen MR) is 422 cm³/mol. The average molecular weight is 1410 g/mol. The van der Waals surface area contributed by atoms with Crippen LogP contribution in [0.25, 0.3) is 0 Å². The fourth-order valence-electron chi connectivity index (χ4n) is 18.2. The standard InChI is InChI=1S/C94H118O10/c1-87(2,3)71-53-35-27-37-55(79(53)97)72(88(4,5)6)57-39-29-41-59(81(57)99)74(90(10,11)12)61-43-31-45-63(83(61)101)76(92(16,17)18)65-47-33-49-67-78(94(22,23)24)68-50-34-48-66(86(68)104-70(96)52-26-25-51-69(95)103-85(65)67)77(93(19,20)21)64-46-32-44-62(84(64)102)75(91(13,14)15)60-42-30-40-58(82(60)100)73(89(7,8)9)56-38-28-36-54(71)80(56)98/h27-50,71-78,97-102H,25-26,51-52H2,1-24H3. The lowest BCUT2D eigenvalue weighted by Crippen LogP contribution is -2.27. The molecule has 1 aliphatic carbocycles. The minimum absolute atomic E-state index is 0.0303. The topological polar surface area (TPSA) is 174 Å². The zero-order chi connectivity index (χ0) is 76.8. The van der Waals surface area contributed by atoms with Crippen molar-refractivity contribution in [3.05, 3.63) is 235 Å². The van der Waals surface area contributed by atoms with E-state index in [2.05, 4.69) is 166 Å². The molecule has 0 spiro atoms. The van der Waals surface area contributed by atoms with Gasteiger partial charge >= 0.3 is 11.9 Å². The minimum Gasteiger partial charge on any atom is -0.507 e. The van der Waals surface area contributed by atoms with E-state index in [1.165, 1.54) is 0 Å². The Morgan fingerprint density at radius 2 is 0.337 bits per heavy atom. The summed E-state index contributed by atoms with van der Waals surface area (Å²) in [5, 5.41) is 80.9. The fraction of sp³-hybridized carbons (Fsp3) is 0.468. The highest BCUT2D eigenvalue weighted by Crippen LogP contribution is 2.62. The van der Waals surface area contributed by atoms with Gasteiger partial charge in [0, 0.05) is 149 Å². The van der Waals surface area contributed by atoms with Gasteiger partial charge in [0.15, 0.2) is 0 Å². The molecule has 18 bridgehead atoms. The van der Waals surface area contributed by atoms with E-state index in [1.54, 1.807) is 0 Å². The van der Waals surface area contributed by atoms with Crippen molar-refractivity contribution < 1.29 is 49.7 Å². The predicted octanol–water partition coefficient (Wildman–Crippen LogP) is 24.0. The van der Waals surface area contributed by atoms with E-state index < -0.39 is 103 Å². The highest BCUT2D eigenvalue weighted by atomic mass is 16.5. The van der Waals surface area contributed by atoms with Crippen molar-refractivity contribution in [2.24, 2.45) is 43.3 Å². The number of rotatable bonds is 0. The highest BCUT2D eigenvalue weighted by Gasteiger charge is 2.46. The summed E-state index contributed by atoms with van der Waals surface area (Å²) >= 11 is 0. The van der Waals surface area contributed by atoms with Crippen LogP contribution < -0.4 is 9.47 Å². The Morgan fingerprint density at radius 1 is 0.221 bits per heavy atom. The summed E-state index contributed by atoms with van der Waals surface area (Å²) in [5.41, 5.74) is 4.79.